The van der Waals surface area contributed by atoms with Crippen LogP contribution in [0.3, 0.4) is 0 Å². The molecular formula is C19H36. The first kappa shape index (κ1) is 15.4. The Kier molecular flexibility index (Phi) is 4.38. The summed E-state index contributed by atoms with van der Waals surface area (Å²) in [7, 11) is 0. The minimum absolute atomic E-state index is 0.578. The Balaban J connectivity index is 1.94. The molecule has 0 spiro atoms. The van der Waals surface area contributed by atoms with Gasteiger partial charge in [-0.15, -0.1) is 0 Å². The van der Waals surface area contributed by atoms with E-state index in [2.05, 4.69) is 41.5 Å². The Morgan fingerprint density at radius 2 is 1.47 bits per heavy atom. The molecule has 2 aliphatic carbocycles. The van der Waals surface area contributed by atoms with Gasteiger partial charge in [0.05, 0.1) is 0 Å². The fourth-order valence-corrected chi connectivity index (χ4v) is 5.01. The average molecular weight is 264 g/mol. The van der Waals surface area contributed by atoms with Crippen molar-refractivity contribution in [3.8, 4) is 0 Å². The zero-order valence-electron chi connectivity index (χ0n) is 14.3. The Labute approximate surface area is 121 Å². The average Bonchev–Trinajstić information content (AvgIpc) is 2.26. The molecule has 0 heteroatoms. The van der Waals surface area contributed by atoms with Crippen molar-refractivity contribution in [2.75, 3.05) is 0 Å². The first-order valence-electron chi connectivity index (χ1n) is 8.71. The Bertz CT molecular complexity index is 299. The van der Waals surface area contributed by atoms with Crippen LogP contribution < -0.4 is 0 Å². The summed E-state index contributed by atoms with van der Waals surface area (Å²) < 4.78 is 0. The summed E-state index contributed by atoms with van der Waals surface area (Å²) in [5.41, 5.74) is 1.17. The van der Waals surface area contributed by atoms with E-state index in [4.69, 9.17) is 0 Å². The second-order valence-electron chi connectivity index (χ2n) is 9.34. The van der Waals surface area contributed by atoms with Crippen LogP contribution in [0.2, 0.25) is 0 Å². The van der Waals surface area contributed by atoms with Crippen LogP contribution in [-0.4, -0.2) is 0 Å². The van der Waals surface area contributed by atoms with Crippen LogP contribution in [0.25, 0.3) is 0 Å². The van der Waals surface area contributed by atoms with Crippen molar-refractivity contribution in [2.24, 2.45) is 34.5 Å². The monoisotopic (exact) mass is 264 g/mol. The van der Waals surface area contributed by atoms with E-state index in [1.807, 2.05) is 0 Å². The van der Waals surface area contributed by atoms with Crippen molar-refractivity contribution in [1.82, 2.24) is 0 Å². The van der Waals surface area contributed by atoms with E-state index in [0.29, 0.717) is 10.8 Å². The molecule has 0 aromatic heterocycles. The molecule has 0 aromatic carbocycles. The number of hydrogen-bond donors (Lipinski definition) is 0. The predicted octanol–water partition coefficient (Wildman–Crippen LogP) is 6.30. The molecule has 2 fully saturated rings. The summed E-state index contributed by atoms with van der Waals surface area (Å²) in [6.45, 7) is 15.0. The van der Waals surface area contributed by atoms with Crippen molar-refractivity contribution in [3.63, 3.8) is 0 Å². The fraction of sp³-hybridized carbons (Fsp3) is 1.00. The molecule has 0 bridgehead atoms. The van der Waals surface area contributed by atoms with Crippen molar-refractivity contribution in [1.29, 1.82) is 0 Å². The van der Waals surface area contributed by atoms with E-state index in [9.17, 15) is 0 Å². The maximum Gasteiger partial charge on any atom is -0.0323 e. The van der Waals surface area contributed by atoms with Gasteiger partial charge in [0.1, 0.15) is 0 Å². The van der Waals surface area contributed by atoms with E-state index in [-0.39, 0.29) is 0 Å². The first-order chi connectivity index (χ1) is 8.71. The lowest BCUT2D eigenvalue weighted by atomic mass is 9.59. The normalized spacial score (nSPS) is 42.0. The van der Waals surface area contributed by atoms with E-state index in [1.165, 1.54) is 44.9 Å². The topological polar surface area (TPSA) is 0 Å². The molecule has 0 heterocycles. The van der Waals surface area contributed by atoms with Gasteiger partial charge in [-0.2, -0.15) is 0 Å². The van der Waals surface area contributed by atoms with Gasteiger partial charge >= 0.3 is 0 Å². The van der Waals surface area contributed by atoms with Crippen LogP contribution >= 0.6 is 0 Å². The summed E-state index contributed by atoms with van der Waals surface area (Å²) in [5, 5.41) is 0. The van der Waals surface area contributed by atoms with Crippen LogP contribution in [-0.2, 0) is 0 Å². The molecule has 0 amide bonds. The minimum atomic E-state index is 0.578. The van der Waals surface area contributed by atoms with Crippen LogP contribution in [0.15, 0.2) is 0 Å². The van der Waals surface area contributed by atoms with Gasteiger partial charge in [-0.3, -0.25) is 0 Å². The first-order valence-corrected chi connectivity index (χ1v) is 8.71. The zero-order valence-corrected chi connectivity index (χ0v) is 14.3. The van der Waals surface area contributed by atoms with Gasteiger partial charge < -0.3 is 0 Å². The molecule has 0 saturated heterocycles. The highest BCUT2D eigenvalue weighted by Gasteiger charge is 2.39. The third kappa shape index (κ3) is 3.56. The lowest BCUT2D eigenvalue weighted by Crippen LogP contribution is -2.36. The third-order valence-electron chi connectivity index (χ3n) is 6.76. The van der Waals surface area contributed by atoms with Gasteiger partial charge in [0.25, 0.3) is 0 Å². The number of rotatable bonds is 2. The molecule has 0 radical (unpaired) electrons. The van der Waals surface area contributed by atoms with E-state index >= 15 is 0 Å². The van der Waals surface area contributed by atoms with E-state index in [1.54, 1.807) is 0 Å². The van der Waals surface area contributed by atoms with Gasteiger partial charge in [-0.1, -0.05) is 54.4 Å². The van der Waals surface area contributed by atoms with Crippen molar-refractivity contribution >= 4 is 0 Å². The second-order valence-corrected chi connectivity index (χ2v) is 9.34. The highest BCUT2D eigenvalue weighted by Crippen LogP contribution is 2.50. The SMILES string of the molecule is C[C@@H]1CC[C@H](C[C@@H]2CC[C@H](C)C(C)(C)C2)C(C)(C)C1. The quantitative estimate of drug-likeness (QED) is 0.549. The molecule has 2 rings (SSSR count). The molecule has 0 nitrogen and oxygen atoms in total. The molecule has 0 N–H and O–H groups in total. The van der Waals surface area contributed by atoms with Gasteiger partial charge in [-0.25, -0.2) is 0 Å². The van der Waals surface area contributed by atoms with Gasteiger partial charge in [-0.05, 0) is 66.6 Å². The molecule has 2 aliphatic rings. The molecule has 0 aliphatic heterocycles. The molecule has 19 heavy (non-hydrogen) atoms. The molecule has 4 atom stereocenters. The summed E-state index contributed by atoms with van der Waals surface area (Å²) >= 11 is 0. The largest absolute Gasteiger partial charge is 0.0625 e. The highest BCUT2D eigenvalue weighted by molar-refractivity contribution is 4.90. The standard InChI is InChI=1S/C19H36/c1-14-7-10-17(19(5,6)12-14)11-16-9-8-15(2)18(3,4)13-16/h14-17H,7-13H2,1-6H3/t14-,15+,16+,17-/m1/s1. The summed E-state index contributed by atoms with van der Waals surface area (Å²) in [4.78, 5) is 0. The van der Waals surface area contributed by atoms with Crippen LogP contribution in [0.5, 0.6) is 0 Å². The van der Waals surface area contributed by atoms with Gasteiger partial charge in [0, 0.05) is 0 Å². The zero-order chi connectivity index (χ0) is 14.3. The van der Waals surface area contributed by atoms with Crippen molar-refractivity contribution < 1.29 is 0 Å². The maximum atomic E-state index is 2.53. The van der Waals surface area contributed by atoms with Crippen LogP contribution in [0.1, 0.15) is 86.5 Å². The Morgan fingerprint density at radius 1 is 0.789 bits per heavy atom. The highest BCUT2D eigenvalue weighted by atomic mass is 14.4. The smallest absolute Gasteiger partial charge is 0.0323 e. The van der Waals surface area contributed by atoms with Crippen molar-refractivity contribution in [3.05, 3.63) is 0 Å². The van der Waals surface area contributed by atoms with Gasteiger partial charge in [0.15, 0.2) is 0 Å². The summed E-state index contributed by atoms with van der Waals surface area (Å²) in [5.74, 6) is 3.86. The van der Waals surface area contributed by atoms with Crippen LogP contribution in [0.4, 0.5) is 0 Å². The maximum absolute atomic E-state index is 2.53. The Hall–Kier alpha value is 0. The van der Waals surface area contributed by atoms with Crippen LogP contribution in [0, 0.1) is 34.5 Å². The lowest BCUT2D eigenvalue weighted by molar-refractivity contribution is 0.0430. The molecule has 2 saturated carbocycles. The molecular weight excluding hydrogens is 228 g/mol. The van der Waals surface area contributed by atoms with E-state index in [0.717, 1.165) is 23.7 Å². The van der Waals surface area contributed by atoms with Gasteiger partial charge in [0.2, 0.25) is 0 Å². The molecule has 0 aromatic rings. The third-order valence-corrected chi connectivity index (χ3v) is 6.76. The fourth-order valence-electron chi connectivity index (χ4n) is 5.01. The second kappa shape index (κ2) is 5.41. The summed E-state index contributed by atoms with van der Waals surface area (Å²) in [6, 6.07) is 0. The number of hydrogen-bond acceptors (Lipinski definition) is 0. The molecule has 112 valence electrons. The van der Waals surface area contributed by atoms with E-state index < -0.39 is 0 Å². The molecule has 0 unspecified atom stereocenters. The Morgan fingerprint density at radius 3 is 2.05 bits per heavy atom. The summed E-state index contributed by atoms with van der Waals surface area (Å²) in [6.07, 6.45) is 10.3. The minimum Gasteiger partial charge on any atom is -0.0625 e. The predicted molar refractivity (Wildman–Crippen MR) is 85.2 cm³/mol. The van der Waals surface area contributed by atoms with Crippen molar-refractivity contribution in [2.45, 2.75) is 86.5 Å². The lowest BCUT2D eigenvalue weighted by Gasteiger charge is -2.46.